The highest BCUT2D eigenvalue weighted by Crippen LogP contribution is 2.21. The second-order valence-corrected chi connectivity index (χ2v) is 3.72. The minimum Gasteiger partial charge on any atom is -0.155 e. The van der Waals surface area contributed by atoms with Crippen LogP contribution in [-0.4, -0.2) is 10.2 Å². The number of fused-ring (bicyclic) bond motifs is 1. The van der Waals surface area contributed by atoms with Gasteiger partial charge in [-0.1, -0.05) is 19.1 Å². The van der Waals surface area contributed by atoms with E-state index in [4.69, 9.17) is 0 Å². The maximum atomic E-state index is 4.15. The molecule has 0 radical (unpaired) electrons. The lowest BCUT2D eigenvalue weighted by Gasteiger charge is -2.00. The van der Waals surface area contributed by atoms with E-state index in [0.717, 1.165) is 27.5 Å². The number of benzene rings is 1. The Hall–Kier alpha value is -0.960. The normalized spacial score (nSPS) is 10.6. The first-order chi connectivity index (χ1) is 6.31. The number of rotatable bonds is 1. The lowest BCUT2D eigenvalue weighted by molar-refractivity contribution is 0.944. The van der Waals surface area contributed by atoms with Crippen LogP contribution in [0.2, 0.25) is 0 Å². The molecule has 1 aromatic heterocycles. The average molecular weight is 237 g/mol. The van der Waals surface area contributed by atoms with Gasteiger partial charge in [0.05, 0.1) is 5.69 Å². The average Bonchev–Trinajstić information content (AvgIpc) is 2.18. The molecule has 0 amide bonds. The molecule has 0 atom stereocenters. The van der Waals surface area contributed by atoms with Crippen molar-refractivity contribution in [2.45, 2.75) is 13.3 Å². The van der Waals surface area contributed by atoms with Gasteiger partial charge in [0.1, 0.15) is 5.52 Å². The molecule has 0 N–H and O–H groups in total. The van der Waals surface area contributed by atoms with Crippen LogP contribution >= 0.6 is 15.9 Å². The summed E-state index contributed by atoms with van der Waals surface area (Å²) in [7, 11) is 0. The van der Waals surface area contributed by atoms with Crippen molar-refractivity contribution in [1.82, 2.24) is 10.2 Å². The molecule has 0 bridgehead atoms. The van der Waals surface area contributed by atoms with E-state index in [0.29, 0.717) is 0 Å². The minimum atomic E-state index is 0.926. The molecular weight excluding hydrogens is 228 g/mol. The summed E-state index contributed by atoms with van der Waals surface area (Å²) in [5.74, 6) is 0. The largest absolute Gasteiger partial charge is 0.155 e. The second-order valence-electron chi connectivity index (χ2n) is 2.87. The monoisotopic (exact) mass is 236 g/mol. The number of halogens is 1. The summed E-state index contributed by atoms with van der Waals surface area (Å²) in [5.41, 5.74) is 1.96. The van der Waals surface area contributed by atoms with Gasteiger partial charge < -0.3 is 0 Å². The molecule has 0 saturated carbocycles. The Morgan fingerprint density at radius 2 is 2.15 bits per heavy atom. The van der Waals surface area contributed by atoms with Gasteiger partial charge in [-0.2, -0.15) is 5.10 Å². The van der Waals surface area contributed by atoms with Crippen LogP contribution in [0.15, 0.2) is 28.7 Å². The van der Waals surface area contributed by atoms with E-state index in [1.165, 1.54) is 0 Å². The predicted molar refractivity (Wildman–Crippen MR) is 56.6 cm³/mol. The molecule has 0 unspecified atom stereocenters. The van der Waals surface area contributed by atoms with Gasteiger partial charge >= 0.3 is 0 Å². The summed E-state index contributed by atoms with van der Waals surface area (Å²) in [5, 5.41) is 9.40. The van der Waals surface area contributed by atoms with Crippen molar-refractivity contribution in [3.63, 3.8) is 0 Å². The lowest BCUT2D eigenvalue weighted by atomic mass is 10.2. The second kappa shape index (κ2) is 3.42. The van der Waals surface area contributed by atoms with Gasteiger partial charge in [-0.05, 0) is 34.5 Å². The summed E-state index contributed by atoms with van der Waals surface area (Å²) in [4.78, 5) is 0. The third-order valence-electron chi connectivity index (χ3n) is 1.98. The van der Waals surface area contributed by atoms with Crippen LogP contribution in [0.4, 0.5) is 0 Å². The number of aryl methyl sites for hydroxylation is 1. The van der Waals surface area contributed by atoms with Crippen LogP contribution in [0, 0.1) is 0 Å². The summed E-state index contributed by atoms with van der Waals surface area (Å²) in [6.07, 6.45) is 0.926. The maximum absolute atomic E-state index is 4.15. The summed E-state index contributed by atoms with van der Waals surface area (Å²) in [6, 6.07) is 8.11. The highest BCUT2D eigenvalue weighted by atomic mass is 79.9. The fourth-order valence-corrected chi connectivity index (χ4v) is 1.71. The van der Waals surface area contributed by atoms with E-state index in [9.17, 15) is 0 Å². The third-order valence-corrected chi connectivity index (χ3v) is 2.62. The highest BCUT2D eigenvalue weighted by Gasteiger charge is 2.00. The SMILES string of the molecule is CCc1cc2cccc(Br)c2nn1. The van der Waals surface area contributed by atoms with Gasteiger partial charge in [0.15, 0.2) is 0 Å². The number of hydrogen-bond donors (Lipinski definition) is 0. The maximum Gasteiger partial charge on any atom is 0.107 e. The van der Waals surface area contributed by atoms with Gasteiger partial charge in [0.25, 0.3) is 0 Å². The van der Waals surface area contributed by atoms with E-state index in [-0.39, 0.29) is 0 Å². The van der Waals surface area contributed by atoms with Crippen LogP contribution in [0.25, 0.3) is 10.9 Å². The zero-order valence-corrected chi connectivity index (χ0v) is 8.87. The molecule has 0 aliphatic rings. The molecule has 0 fully saturated rings. The summed E-state index contributed by atoms with van der Waals surface area (Å²) in [6.45, 7) is 2.08. The van der Waals surface area contributed by atoms with Crippen LogP contribution in [0.1, 0.15) is 12.6 Å². The van der Waals surface area contributed by atoms with Crippen LogP contribution < -0.4 is 0 Å². The first-order valence-corrected chi connectivity index (χ1v) is 5.01. The Labute approximate surface area is 85.1 Å². The highest BCUT2D eigenvalue weighted by molar-refractivity contribution is 9.10. The van der Waals surface area contributed by atoms with Crippen molar-refractivity contribution in [3.8, 4) is 0 Å². The van der Waals surface area contributed by atoms with Crippen molar-refractivity contribution in [3.05, 3.63) is 34.4 Å². The first kappa shape index (κ1) is 8.63. The summed E-state index contributed by atoms with van der Waals surface area (Å²) >= 11 is 3.44. The Kier molecular flexibility index (Phi) is 2.27. The van der Waals surface area contributed by atoms with Gasteiger partial charge in [-0.25, -0.2) is 0 Å². The molecule has 0 aliphatic carbocycles. The van der Waals surface area contributed by atoms with Crippen LogP contribution in [0.3, 0.4) is 0 Å². The van der Waals surface area contributed by atoms with Crippen molar-refractivity contribution in [2.24, 2.45) is 0 Å². The van der Waals surface area contributed by atoms with Crippen molar-refractivity contribution >= 4 is 26.8 Å². The van der Waals surface area contributed by atoms with E-state index in [2.05, 4.69) is 39.1 Å². The number of hydrogen-bond acceptors (Lipinski definition) is 2. The molecule has 3 heteroatoms. The first-order valence-electron chi connectivity index (χ1n) is 4.22. The Balaban J connectivity index is 2.72. The zero-order chi connectivity index (χ0) is 9.26. The zero-order valence-electron chi connectivity index (χ0n) is 7.29. The molecule has 0 saturated heterocycles. The molecule has 2 nitrogen and oxygen atoms in total. The minimum absolute atomic E-state index is 0.926. The van der Waals surface area contributed by atoms with Crippen LogP contribution in [-0.2, 0) is 6.42 Å². The molecule has 1 heterocycles. The molecular formula is C10H9BrN2. The Bertz CT molecular complexity index is 440. The van der Waals surface area contributed by atoms with Gasteiger partial charge in [-0.15, -0.1) is 5.10 Å². The third kappa shape index (κ3) is 1.56. The van der Waals surface area contributed by atoms with Gasteiger partial charge in [-0.3, -0.25) is 0 Å². The van der Waals surface area contributed by atoms with E-state index in [1.54, 1.807) is 0 Å². The molecule has 0 aliphatic heterocycles. The Morgan fingerprint density at radius 3 is 2.92 bits per heavy atom. The number of nitrogens with zero attached hydrogens (tertiary/aromatic N) is 2. The van der Waals surface area contributed by atoms with E-state index < -0.39 is 0 Å². The Morgan fingerprint density at radius 1 is 1.31 bits per heavy atom. The molecule has 1 aromatic carbocycles. The predicted octanol–water partition coefficient (Wildman–Crippen LogP) is 2.95. The van der Waals surface area contributed by atoms with Crippen LogP contribution in [0.5, 0.6) is 0 Å². The standard InChI is InChI=1S/C10H9BrN2/c1-2-8-6-7-4-3-5-9(11)10(7)13-12-8/h3-6H,2H2,1H3. The van der Waals surface area contributed by atoms with Crippen molar-refractivity contribution in [2.75, 3.05) is 0 Å². The smallest absolute Gasteiger partial charge is 0.107 e. The van der Waals surface area contributed by atoms with Crippen molar-refractivity contribution in [1.29, 1.82) is 0 Å². The molecule has 2 aromatic rings. The molecule has 2 rings (SSSR count). The fraction of sp³-hybridized carbons (Fsp3) is 0.200. The molecule has 13 heavy (non-hydrogen) atoms. The lowest BCUT2D eigenvalue weighted by Crippen LogP contribution is -1.91. The molecule has 66 valence electrons. The topological polar surface area (TPSA) is 25.8 Å². The summed E-state index contributed by atoms with van der Waals surface area (Å²) < 4.78 is 1.00. The van der Waals surface area contributed by atoms with Crippen molar-refractivity contribution < 1.29 is 0 Å². The number of aromatic nitrogens is 2. The van der Waals surface area contributed by atoms with E-state index >= 15 is 0 Å². The molecule has 0 spiro atoms. The van der Waals surface area contributed by atoms with Gasteiger partial charge in [0.2, 0.25) is 0 Å². The fourth-order valence-electron chi connectivity index (χ4n) is 1.25. The van der Waals surface area contributed by atoms with E-state index in [1.807, 2.05) is 18.2 Å². The van der Waals surface area contributed by atoms with Gasteiger partial charge in [0, 0.05) is 9.86 Å². The quantitative estimate of drug-likeness (QED) is 0.761.